The van der Waals surface area contributed by atoms with Crippen LogP contribution in [0.2, 0.25) is 0 Å². The number of hydrogen-bond acceptors (Lipinski definition) is 2. The Morgan fingerprint density at radius 3 is 3.00 bits per heavy atom. The Morgan fingerprint density at radius 2 is 2.38 bits per heavy atom. The van der Waals surface area contributed by atoms with Crippen molar-refractivity contribution in [3.05, 3.63) is 12.2 Å². The van der Waals surface area contributed by atoms with Crippen LogP contribution in [0.5, 0.6) is 0 Å². The molecule has 1 aliphatic rings. The molecule has 0 bridgehead atoms. The van der Waals surface area contributed by atoms with E-state index in [9.17, 15) is 0 Å². The second-order valence-corrected chi connectivity index (χ2v) is 3.77. The van der Waals surface area contributed by atoms with Gasteiger partial charge in [0.15, 0.2) is 0 Å². The molecule has 0 aromatic carbocycles. The molecule has 1 unspecified atom stereocenters. The highest BCUT2D eigenvalue weighted by Gasteiger charge is 2.11. The lowest BCUT2D eigenvalue weighted by atomic mass is 10.1. The molecule has 2 heteroatoms. The van der Waals surface area contributed by atoms with Crippen LogP contribution in [0, 0.1) is 0 Å². The minimum Gasteiger partial charge on any atom is -0.376 e. The highest BCUT2D eigenvalue weighted by atomic mass is 16.5. The topological polar surface area (TPSA) is 21.3 Å². The summed E-state index contributed by atoms with van der Waals surface area (Å²) in [5.41, 5.74) is 1.19. The normalized spacial score (nSPS) is 23.0. The van der Waals surface area contributed by atoms with E-state index in [1.165, 1.54) is 24.8 Å². The second-order valence-electron chi connectivity index (χ2n) is 3.77. The van der Waals surface area contributed by atoms with Crippen molar-refractivity contribution in [3.8, 4) is 0 Å². The van der Waals surface area contributed by atoms with Crippen molar-refractivity contribution in [2.75, 3.05) is 19.8 Å². The molecular weight excluding hydrogens is 162 g/mol. The van der Waals surface area contributed by atoms with Gasteiger partial charge in [0.05, 0.1) is 13.2 Å². The third-order valence-electron chi connectivity index (χ3n) is 2.54. The van der Waals surface area contributed by atoms with Gasteiger partial charge in [-0.05, 0) is 25.8 Å². The molecule has 0 aromatic rings. The van der Waals surface area contributed by atoms with Gasteiger partial charge in [-0.2, -0.15) is 0 Å². The van der Waals surface area contributed by atoms with E-state index < -0.39 is 0 Å². The highest BCUT2D eigenvalue weighted by molar-refractivity contribution is 4.92. The Balaban J connectivity index is 2.01. The van der Waals surface area contributed by atoms with Crippen LogP contribution in [0.4, 0.5) is 0 Å². The summed E-state index contributed by atoms with van der Waals surface area (Å²) in [5.74, 6) is 0. The monoisotopic (exact) mass is 183 g/mol. The van der Waals surface area contributed by atoms with E-state index in [0.717, 1.165) is 26.2 Å². The van der Waals surface area contributed by atoms with E-state index in [-0.39, 0.29) is 0 Å². The third-order valence-corrected chi connectivity index (χ3v) is 2.54. The molecule has 0 aromatic heterocycles. The molecule has 1 fully saturated rings. The SMILES string of the molecule is C=C(CC)COCC1CCCCN1. The van der Waals surface area contributed by atoms with Gasteiger partial charge in [-0.15, -0.1) is 0 Å². The first kappa shape index (κ1) is 10.7. The average molecular weight is 183 g/mol. The molecule has 1 N–H and O–H groups in total. The minimum atomic E-state index is 0.582. The number of piperidine rings is 1. The minimum absolute atomic E-state index is 0.582. The molecule has 0 aliphatic carbocycles. The van der Waals surface area contributed by atoms with Gasteiger partial charge >= 0.3 is 0 Å². The zero-order chi connectivity index (χ0) is 9.52. The molecule has 1 saturated heterocycles. The van der Waals surface area contributed by atoms with Crippen molar-refractivity contribution in [2.24, 2.45) is 0 Å². The average Bonchev–Trinajstić information content (AvgIpc) is 2.19. The van der Waals surface area contributed by atoms with E-state index in [1.54, 1.807) is 0 Å². The maximum absolute atomic E-state index is 5.56. The molecule has 76 valence electrons. The van der Waals surface area contributed by atoms with E-state index in [4.69, 9.17) is 4.74 Å². The molecular formula is C11H21NO. The first-order chi connectivity index (χ1) is 6.33. The molecule has 0 radical (unpaired) electrons. The van der Waals surface area contributed by atoms with Crippen molar-refractivity contribution in [1.82, 2.24) is 5.32 Å². The predicted molar refractivity (Wildman–Crippen MR) is 55.9 cm³/mol. The summed E-state index contributed by atoms with van der Waals surface area (Å²) in [7, 11) is 0. The molecule has 1 aliphatic heterocycles. The largest absolute Gasteiger partial charge is 0.376 e. The molecule has 1 rings (SSSR count). The van der Waals surface area contributed by atoms with Crippen LogP contribution < -0.4 is 5.32 Å². The van der Waals surface area contributed by atoms with Gasteiger partial charge in [-0.3, -0.25) is 0 Å². The lowest BCUT2D eigenvalue weighted by Crippen LogP contribution is -2.37. The third kappa shape index (κ3) is 4.44. The van der Waals surface area contributed by atoms with Gasteiger partial charge in [0, 0.05) is 6.04 Å². The van der Waals surface area contributed by atoms with Crippen LogP contribution in [0.15, 0.2) is 12.2 Å². The van der Waals surface area contributed by atoms with E-state index in [0.29, 0.717) is 6.04 Å². The summed E-state index contributed by atoms with van der Waals surface area (Å²) in [6.07, 6.45) is 4.95. The molecule has 1 atom stereocenters. The molecule has 1 heterocycles. The quantitative estimate of drug-likeness (QED) is 0.659. The zero-order valence-corrected chi connectivity index (χ0v) is 8.64. The van der Waals surface area contributed by atoms with Gasteiger partial charge in [0.1, 0.15) is 0 Å². The highest BCUT2D eigenvalue weighted by Crippen LogP contribution is 2.07. The Morgan fingerprint density at radius 1 is 1.54 bits per heavy atom. The fourth-order valence-electron chi connectivity index (χ4n) is 1.51. The van der Waals surface area contributed by atoms with Crippen molar-refractivity contribution < 1.29 is 4.74 Å². The Kier molecular flexibility index (Phi) is 5.09. The summed E-state index contributed by atoms with van der Waals surface area (Å²) < 4.78 is 5.56. The van der Waals surface area contributed by atoms with Gasteiger partial charge in [0.25, 0.3) is 0 Å². The van der Waals surface area contributed by atoms with E-state index >= 15 is 0 Å². The number of ether oxygens (including phenoxy) is 1. The van der Waals surface area contributed by atoms with Gasteiger partial charge in [0.2, 0.25) is 0 Å². The van der Waals surface area contributed by atoms with Gasteiger partial charge in [-0.1, -0.05) is 25.5 Å². The summed E-state index contributed by atoms with van der Waals surface area (Å²) in [6.45, 7) is 8.76. The maximum Gasteiger partial charge on any atom is 0.0674 e. The Labute approximate surface area is 81.4 Å². The fourth-order valence-corrected chi connectivity index (χ4v) is 1.51. The Bertz CT molecular complexity index is 150. The number of nitrogens with one attached hydrogen (secondary N) is 1. The second kappa shape index (κ2) is 6.17. The van der Waals surface area contributed by atoms with Crippen LogP contribution in [0.1, 0.15) is 32.6 Å². The molecule has 0 saturated carbocycles. The standard InChI is InChI=1S/C11H21NO/c1-3-10(2)8-13-9-11-6-4-5-7-12-11/h11-12H,2-9H2,1H3. The van der Waals surface area contributed by atoms with Crippen molar-refractivity contribution in [1.29, 1.82) is 0 Å². The van der Waals surface area contributed by atoms with Crippen molar-refractivity contribution in [2.45, 2.75) is 38.6 Å². The first-order valence-electron chi connectivity index (χ1n) is 5.30. The zero-order valence-electron chi connectivity index (χ0n) is 8.64. The fraction of sp³-hybridized carbons (Fsp3) is 0.818. The van der Waals surface area contributed by atoms with Gasteiger partial charge in [-0.25, -0.2) is 0 Å². The lowest BCUT2D eigenvalue weighted by Gasteiger charge is -2.23. The first-order valence-corrected chi connectivity index (χ1v) is 5.30. The molecule has 13 heavy (non-hydrogen) atoms. The van der Waals surface area contributed by atoms with E-state index in [1.807, 2.05) is 0 Å². The number of hydrogen-bond donors (Lipinski definition) is 1. The number of rotatable bonds is 5. The molecule has 0 spiro atoms. The summed E-state index contributed by atoms with van der Waals surface area (Å²) in [5, 5.41) is 3.46. The van der Waals surface area contributed by atoms with Crippen LogP contribution >= 0.6 is 0 Å². The van der Waals surface area contributed by atoms with E-state index in [2.05, 4.69) is 18.8 Å². The summed E-state index contributed by atoms with van der Waals surface area (Å²) >= 11 is 0. The smallest absolute Gasteiger partial charge is 0.0674 e. The maximum atomic E-state index is 5.56. The summed E-state index contributed by atoms with van der Waals surface area (Å²) in [6, 6.07) is 0.582. The molecule has 0 amide bonds. The van der Waals surface area contributed by atoms with Gasteiger partial charge < -0.3 is 10.1 Å². The van der Waals surface area contributed by atoms with Crippen LogP contribution in [-0.2, 0) is 4.74 Å². The van der Waals surface area contributed by atoms with Crippen molar-refractivity contribution >= 4 is 0 Å². The summed E-state index contributed by atoms with van der Waals surface area (Å²) in [4.78, 5) is 0. The van der Waals surface area contributed by atoms with Crippen LogP contribution in [0.3, 0.4) is 0 Å². The lowest BCUT2D eigenvalue weighted by molar-refractivity contribution is 0.120. The Hall–Kier alpha value is -0.340. The predicted octanol–water partition coefficient (Wildman–Crippen LogP) is 2.11. The van der Waals surface area contributed by atoms with Crippen LogP contribution in [0.25, 0.3) is 0 Å². The van der Waals surface area contributed by atoms with Crippen molar-refractivity contribution in [3.63, 3.8) is 0 Å². The van der Waals surface area contributed by atoms with Crippen LogP contribution in [-0.4, -0.2) is 25.8 Å². The molecule has 2 nitrogen and oxygen atoms in total.